The lowest BCUT2D eigenvalue weighted by molar-refractivity contribution is 0.308. The van der Waals surface area contributed by atoms with Crippen LogP contribution >= 0.6 is 0 Å². The van der Waals surface area contributed by atoms with Gasteiger partial charge in [0.25, 0.3) is 0 Å². The molecule has 1 saturated carbocycles. The molecule has 1 aromatic carbocycles. The highest BCUT2D eigenvalue weighted by Crippen LogP contribution is 2.25. The van der Waals surface area contributed by atoms with Crippen molar-refractivity contribution in [3.63, 3.8) is 0 Å². The van der Waals surface area contributed by atoms with E-state index in [4.69, 9.17) is 9.94 Å². The maximum absolute atomic E-state index is 8.99. The van der Waals surface area contributed by atoms with Gasteiger partial charge in [0.1, 0.15) is 5.75 Å². The minimum absolute atomic E-state index is 0.405. The summed E-state index contributed by atoms with van der Waals surface area (Å²) < 4.78 is 5.14. The number of rotatable bonds is 3. The third kappa shape index (κ3) is 2.99. The Morgan fingerprint density at radius 2 is 2.06 bits per heavy atom. The highest BCUT2D eigenvalue weighted by atomic mass is 16.5. The molecule has 3 nitrogen and oxygen atoms in total. The third-order valence-electron chi connectivity index (χ3n) is 3.48. The predicted molar refractivity (Wildman–Crippen MR) is 67.9 cm³/mol. The average Bonchev–Trinajstić information content (AvgIpc) is 2.40. The van der Waals surface area contributed by atoms with Crippen molar-refractivity contribution in [2.75, 3.05) is 7.11 Å². The monoisotopic (exact) mass is 233 g/mol. The molecule has 0 heterocycles. The van der Waals surface area contributed by atoms with Crippen molar-refractivity contribution in [2.24, 2.45) is 11.1 Å². The van der Waals surface area contributed by atoms with Gasteiger partial charge in [0.2, 0.25) is 0 Å². The van der Waals surface area contributed by atoms with Crippen LogP contribution in [0.2, 0.25) is 0 Å². The van der Waals surface area contributed by atoms with Crippen LogP contribution in [0.15, 0.2) is 29.4 Å². The molecule has 0 aliphatic heterocycles. The molecule has 1 aliphatic rings. The van der Waals surface area contributed by atoms with Gasteiger partial charge in [-0.25, -0.2) is 0 Å². The smallest absolute Gasteiger partial charge is 0.118 e. The molecule has 1 N–H and O–H groups in total. The summed E-state index contributed by atoms with van der Waals surface area (Å²) in [7, 11) is 1.67. The molecule has 0 saturated heterocycles. The van der Waals surface area contributed by atoms with Gasteiger partial charge in [-0.05, 0) is 43.4 Å². The first-order valence-corrected chi connectivity index (χ1v) is 6.17. The van der Waals surface area contributed by atoms with Crippen LogP contribution in [0.1, 0.15) is 31.2 Å². The van der Waals surface area contributed by atoms with Crippen LogP contribution in [-0.4, -0.2) is 18.0 Å². The van der Waals surface area contributed by atoms with Gasteiger partial charge >= 0.3 is 0 Å². The second-order valence-electron chi connectivity index (χ2n) is 4.59. The molecule has 1 fully saturated rings. The molecule has 0 spiro atoms. The van der Waals surface area contributed by atoms with Crippen LogP contribution in [0.5, 0.6) is 5.75 Å². The van der Waals surface area contributed by atoms with Crippen molar-refractivity contribution in [1.29, 1.82) is 0 Å². The fourth-order valence-corrected chi connectivity index (χ4v) is 2.47. The molecule has 0 radical (unpaired) electrons. The SMILES string of the molecule is COc1ccc(CC2CCCCC2=NO)cc1. The first-order chi connectivity index (χ1) is 8.33. The minimum atomic E-state index is 0.405. The second kappa shape index (κ2) is 5.71. The number of benzene rings is 1. The van der Waals surface area contributed by atoms with E-state index in [9.17, 15) is 0 Å². The first kappa shape index (κ1) is 12.0. The molecule has 3 heteroatoms. The molecular formula is C14H19NO2. The van der Waals surface area contributed by atoms with Gasteiger partial charge < -0.3 is 9.94 Å². The van der Waals surface area contributed by atoms with E-state index in [1.165, 1.54) is 12.0 Å². The third-order valence-corrected chi connectivity index (χ3v) is 3.48. The predicted octanol–water partition coefficient (Wildman–Crippen LogP) is 3.26. The number of hydrogen-bond acceptors (Lipinski definition) is 3. The highest BCUT2D eigenvalue weighted by Gasteiger charge is 2.21. The van der Waals surface area contributed by atoms with Crippen molar-refractivity contribution in [3.8, 4) is 5.75 Å². The summed E-state index contributed by atoms with van der Waals surface area (Å²) in [5.41, 5.74) is 2.24. The van der Waals surface area contributed by atoms with Crippen LogP contribution in [0.25, 0.3) is 0 Å². The molecule has 1 unspecified atom stereocenters. The van der Waals surface area contributed by atoms with E-state index in [2.05, 4.69) is 17.3 Å². The normalized spacial score (nSPS) is 22.6. The topological polar surface area (TPSA) is 41.8 Å². The Morgan fingerprint density at radius 1 is 1.29 bits per heavy atom. The standard InChI is InChI=1S/C14H19NO2/c1-17-13-8-6-11(7-9-13)10-12-4-2-3-5-14(12)15-16/h6-9,12,16H,2-5,10H2,1H3. The molecule has 92 valence electrons. The second-order valence-corrected chi connectivity index (χ2v) is 4.59. The largest absolute Gasteiger partial charge is 0.497 e. The molecular weight excluding hydrogens is 214 g/mol. The van der Waals surface area contributed by atoms with E-state index in [1.54, 1.807) is 7.11 Å². The highest BCUT2D eigenvalue weighted by molar-refractivity contribution is 5.87. The van der Waals surface area contributed by atoms with Gasteiger partial charge in [-0.1, -0.05) is 23.7 Å². The average molecular weight is 233 g/mol. The fraction of sp³-hybridized carbons (Fsp3) is 0.500. The first-order valence-electron chi connectivity index (χ1n) is 6.17. The Morgan fingerprint density at radius 3 is 2.71 bits per heavy atom. The van der Waals surface area contributed by atoms with Crippen molar-refractivity contribution in [2.45, 2.75) is 32.1 Å². The van der Waals surface area contributed by atoms with Crippen molar-refractivity contribution >= 4 is 5.71 Å². The zero-order valence-electron chi connectivity index (χ0n) is 10.2. The minimum Gasteiger partial charge on any atom is -0.497 e. The van der Waals surface area contributed by atoms with E-state index in [-0.39, 0.29) is 0 Å². The molecule has 1 aromatic rings. The van der Waals surface area contributed by atoms with E-state index >= 15 is 0 Å². The fourth-order valence-electron chi connectivity index (χ4n) is 2.47. The lowest BCUT2D eigenvalue weighted by Crippen LogP contribution is -2.21. The molecule has 17 heavy (non-hydrogen) atoms. The molecule has 2 rings (SSSR count). The van der Waals surface area contributed by atoms with Gasteiger partial charge in [-0.3, -0.25) is 0 Å². The van der Waals surface area contributed by atoms with Gasteiger partial charge in [0, 0.05) is 5.92 Å². The zero-order chi connectivity index (χ0) is 12.1. The number of oxime groups is 1. The maximum Gasteiger partial charge on any atom is 0.118 e. The molecule has 0 bridgehead atoms. The molecule has 1 atom stereocenters. The van der Waals surface area contributed by atoms with Gasteiger partial charge in [0.15, 0.2) is 0 Å². The van der Waals surface area contributed by atoms with Crippen molar-refractivity contribution in [1.82, 2.24) is 0 Å². The molecule has 0 amide bonds. The summed E-state index contributed by atoms with van der Waals surface area (Å²) in [5, 5.41) is 12.4. The summed E-state index contributed by atoms with van der Waals surface area (Å²) in [6.45, 7) is 0. The van der Waals surface area contributed by atoms with Gasteiger partial charge in [-0.2, -0.15) is 0 Å². The van der Waals surface area contributed by atoms with Crippen LogP contribution in [0.4, 0.5) is 0 Å². The summed E-state index contributed by atoms with van der Waals surface area (Å²) in [6, 6.07) is 8.13. The summed E-state index contributed by atoms with van der Waals surface area (Å²) in [4.78, 5) is 0. The van der Waals surface area contributed by atoms with E-state index in [0.717, 1.165) is 37.1 Å². The van der Waals surface area contributed by atoms with Crippen molar-refractivity contribution in [3.05, 3.63) is 29.8 Å². The Labute approximate surface area is 102 Å². The maximum atomic E-state index is 8.99. The molecule has 1 aliphatic carbocycles. The Kier molecular flexibility index (Phi) is 4.02. The van der Waals surface area contributed by atoms with Crippen LogP contribution in [0.3, 0.4) is 0 Å². The Balaban J connectivity index is 2.03. The van der Waals surface area contributed by atoms with Gasteiger partial charge in [0.05, 0.1) is 12.8 Å². The van der Waals surface area contributed by atoms with E-state index in [0.29, 0.717) is 5.92 Å². The summed E-state index contributed by atoms with van der Waals surface area (Å²) >= 11 is 0. The molecule has 0 aromatic heterocycles. The number of ether oxygens (including phenoxy) is 1. The van der Waals surface area contributed by atoms with Crippen LogP contribution in [-0.2, 0) is 6.42 Å². The number of hydrogen-bond donors (Lipinski definition) is 1. The van der Waals surface area contributed by atoms with Gasteiger partial charge in [-0.15, -0.1) is 0 Å². The van der Waals surface area contributed by atoms with Crippen LogP contribution < -0.4 is 4.74 Å². The van der Waals surface area contributed by atoms with E-state index in [1.807, 2.05) is 12.1 Å². The Hall–Kier alpha value is -1.51. The number of nitrogens with zero attached hydrogens (tertiary/aromatic N) is 1. The lowest BCUT2D eigenvalue weighted by atomic mass is 9.83. The quantitative estimate of drug-likeness (QED) is 0.643. The van der Waals surface area contributed by atoms with Crippen LogP contribution in [0, 0.1) is 5.92 Å². The summed E-state index contributed by atoms with van der Waals surface area (Å²) in [6.07, 6.45) is 5.42. The van der Waals surface area contributed by atoms with Crippen molar-refractivity contribution < 1.29 is 9.94 Å². The number of methoxy groups -OCH3 is 1. The van der Waals surface area contributed by atoms with E-state index < -0.39 is 0 Å². The lowest BCUT2D eigenvalue weighted by Gasteiger charge is -2.22. The Bertz CT molecular complexity index is 384. The summed E-state index contributed by atoms with van der Waals surface area (Å²) in [5.74, 6) is 1.29. The zero-order valence-corrected chi connectivity index (χ0v) is 10.2.